The SMILES string of the molecule is CC(=NO)c1ccc(F)cc1Cl. The van der Waals surface area contributed by atoms with Gasteiger partial charge in [-0.3, -0.25) is 0 Å². The Morgan fingerprint density at radius 1 is 1.58 bits per heavy atom. The van der Waals surface area contributed by atoms with Gasteiger partial charge in [-0.2, -0.15) is 0 Å². The third kappa shape index (κ3) is 1.74. The molecule has 0 fully saturated rings. The lowest BCUT2D eigenvalue weighted by Gasteiger charge is -2.00. The van der Waals surface area contributed by atoms with Crippen molar-refractivity contribution in [3.8, 4) is 0 Å². The number of nitrogens with zero attached hydrogens (tertiary/aromatic N) is 1. The first-order chi connectivity index (χ1) is 5.65. The first kappa shape index (κ1) is 9.00. The summed E-state index contributed by atoms with van der Waals surface area (Å²) in [5, 5.41) is 11.6. The summed E-state index contributed by atoms with van der Waals surface area (Å²) in [6.07, 6.45) is 0. The van der Waals surface area contributed by atoms with Gasteiger partial charge in [-0.25, -0.2) is 4.39 Å². The van der Waals surface area contributed by atoms with Crippen LogP contribution in [0.4, 0.5) is 4.39 Å². The van der Waals surface area contributed by atoms with Gasteiger partial charge in [0.05, 0.1) is 10.7 Å². The van der Waals surface area contributed by atoms with Crippen LogP contribution >= 0.6 is 11.6 Å². The van der Waals surface area contributed by atoms with Crippen LogP contribution in [-0.2, 0) is 0 Å². The molecule has 1 aromatic carbocycles. The molecule has 0 aliphatic heterocycles. The summed E-state index contributed by atoms with van der Waals surface area (Å²) in [6, 6.07) is 3.90. The first-order valence-corrected chi connectivity index (χ1v) is 3.67. The van der Waals surface area contributed by atoms with Crippen LogP contribution in [0.15, 0.2) is 23.4 Å². The molecule has 1 aromatic rings. The predicted octanol–water partition coefficient (Wildman–Crippen LogP) is 2.68. The van der Waals surface area contributed by atoms with Crippen molar-refractivity contribution < 1.29 is 9.60 Å². The lowest BCUT2D eigenvalue weighted by Crippen LogP contribution is -1.95. The Labute approximate surface area is 74.3 Å². The molecular formula is C8H7ClFNO. The molecular weight excluding hydrogens is 181 g/mol. The Balaban J connectivity index is 3.18. The Morgan fingerprint density at radius 3 is 2.75 bits per heavy atom. The summed E-state index contributed by atoms with van der Waals surface area (Å²) in [7, 11) is 0. The molecule has 0 saturated heterocycles. The summed E-state index contributed by atoms with van der Waals surface area (Å²) >= 11 is 5.67. The van der Waals surface area contributed by atoms with E-state index < -0.39 is 5.82 Å². The molecule has 0 aliphatic carbocycles. The highest BCUT2D eigenvalue weighted by atomic mass is 35.5. The van der Waals surface area contributed by atoms with Crippen molar-refractivity contribution in [2.75, 3.05) is 0 Å². The monoisotopic (exact) mass is 187 g/mol. The van der Waals surface area contributed by atoms with Gasteiger partial charge in [0.25, 0.3) is 0 Å². The van der Waals surface area contributed by atoms with Crippen molar-refractivity contribution in [2.24, 2.45) is 5.16 Å². The molecule has 12 heavy (non-hydrogen) atoms. The van der Waals surface area contributed by atoms with E-state index in [9.17, 15) is 4.39 Å². The van der Waals surface area contributed by atoms with Crippen molar-refractivity contribution >= 4 is 17.3 Å². The van der Waals surface area contributed by atoms with E-state index >= 15 is 0 Å². The number of rotatable bonds is 1. The highest BCUT2D eigenvalue weighted by molar-refractivity contribution is 6.34. The number of benzene rings is 1. The fourth-order valence-corrected chi connectivity index (χ4v) is 1.14. The zero-order valence-corrected chi connectivity index (χ0v) is 7.14. The zero-order chi connectivity index (χ0) is 9.14. The van der Waals surface area contributed by atoms with E-state index in [1.165, 1.54) is 18.2 Å². The first-order valence-electron chi connectivity index (χ1n) is 3.29. The van der Waals surface area contributed by atoms with Crippen molar-refractivity contribution in [2.45, 2.75) is 6.92 Å². The highest BCUT2D eigenvalue weighted by Gasteiger charge is 2.04. The van der Waals surface area contributed by atoms with Crippen molar-refractivity contribution in [1.82, 2.24) is 0 Å². The average Bonchev–Trinajstić information content (AvgIpc) is 2.03. The third-order valence-corrected chi connectivity index (χ3v) is 1.78. The molecule has 0 spiro atoms. The summed E-state index contributed by atoms with van der Waals surface area (Å²) in [5.41, 5.74) is 0.889. The maximum atomic E-state index is 12.5. The van der Waals surface area contributed by atoms with Gasteiger partial charge in [0, 0.05) is 5.56 Å². The zero-order valence-electron chi connectivity index (χ0n) is 6.38. The van der Waals surface area contributed by atoms with E-state index in [-0.39, 0.29) is 5.02 Å². The van der Waals surface area contributed by atoms with Gasteiger partial charge in [-0.1, -0.05) is 16.8 Å². The molecule has 4 heteroatoms. The molecule has 1 rings (SSSR count). The van der Waals surface area contributed by atoms with E-state index in [4.69, 9.17) is 16.8 Å². The number of oxime groups is 1. The Bertz CT molecular complexity index is 325. The van der Waals surface area contributed by atoms with Crippen LogP contribution in [0.5, 0.6) is 0 Å². The maximum Gasteiger partial charge on any atom is 0.124 e. The molecule has 0 saturated carbocycles. The lowest BCUT2D eigenvalue weighted by molar-refractivity contribution is 0.319. The molecule has 0 bridgehead atoms. The van der Waals surface area contributed by atoms with Gasteiger partial charge in [0.15, 0.2) is 0 Å². The van der Waals surface area contributed by atoms with Crippen LogP contribution in [0.2, 0.25) is 5.02 Å². The van der Waals surface area contributed by atoms with E-state index in [1.54, 1.807) is 6.92 Å². The van der Waals surface area contributed by atoms with Crippen LogP contribution in [0, 0.1) is 5.82 Å². The molecule has 1 N–H and O–H groups in total. The highest BCUT2D eigenvalue weighted by Crippen LogP contribution is 2.17. The topological polar surface area (TPSA) is 32.6 Å². The van der Waals surface area contributed by atoms with Crippen molar-refractivity contribution in [3.05, 3.63) is 34.6 Å². The van der Waals surface area contributed by atoms with Gasteiger partial charge in [-0.15, -0.1) is 0 Å². The van der Waals surface area contributed by atoms with Crippen molar-refractivity contribution in [1.29, 1.82) is 0 Å². The Morgan fingerprint density at radius 2 is 2.25 bits per heavy atom. The minimum atomic E-state index is -0.408. The molecule has 0 unspecified atom stereocenters. The van der Waals surface area contributed by atoms with E-state index in [2.05, 4.69) is 5.16 Å². The predicted molar refractivity (Wildman–Crippen MR) is 45.4 cm³/mol. The Hall–Kier alpha value is -1.09. The van der Waals surface area contributed by atoms with E-state index in [1.807, 2.05) is 0 Å². The van der Waals surface area contributed by atoms with Gasteiger partial charge < -0.3 is 5.21 Å². The smallest absolute Gasteiger partial charge is 0.124 e. The molecule has 0 atom stereocenters. The van der Waals surface area contributed by atoms with Crippen LogP contribution in [0.3, 0.4) is 0 Å². The van der Waals surface area contributed by atoms with Gasteiger partial charge in [0.2, 0.25) is 0 Å². The molecule has 0 amide bonds. The van der Waals surface area contributed by atoms with E-state index in [0.29, 0.717) is 11.3 Å². The summed E-state index contributed by atoms with van der Waals surface area (Å²) in [5.74, 6) is -0.408. The fourth-order valence-electron chi connectivity index (χ4n) is 0.837. The van der Waals surface area contributed by atoms with Gasteiger partial charge in [-0.05, 0) is 25.1 Å². The quantitative estimate of drug-likeness (QED) is 0.409. The summed E-state index contributed by atoms with van der Waals surface area (Å²) in [6.45, 7) is 1.58. The minimum Gasteiger partial charge on any atom is -0.411 e. The number of halogens is 2. The lowest BCUT2D eigenvalue weighted by atomic mass is 10.1. The molecule has 0 aromatic heterocycles. The van der Waals surface area contributed by atoms with Crippen molar-refractivity contribution in [3.63, 3.8) is 0 Å². The minimum absolute atomic E-state index is 0.241. The third-order valence-electron chi connectivity index (χ3n) is 1.47. The average molecular weight is 188 g/mol. The number of hydrogen-bond donors (Lipinski definition) is 1. The summed E-state index contributed by atoms with van der Waals surface area (Å²) in [4.78, 5) is 0. The standard InChI is InChI=1S/C8H7ClFNO/c1-5(11-12)7-3-2-6(10)4-8(7)9/h2-4,12H,1H3. The van der Waals surface area contributed by atoms with Crippen LogP contribution in [0.25, 0.3) is 0 Å². The largest absolute Gasteiger partial charge is 0.411 e. The van der Waals surface area contributed by atoms with Gasteiger partial charge >= 0.3 is 0 Å². The van der Waals surface area contributed by atoms with E-state index in [0.717, 1.165) is 0 Å². The fraction of sp³-hybridized carbons (Fsp3) is 0.125. The maximum absolute atomic E-state index is 12.5. The van der Waals surface area contributed by atoms with Crippen LogP contribution in [0.1, 0.15) is 12.5 Å². The second kappa shape index (κ2) is 3.54. The molecule has 64 valence electrons. The van der Waals surface area contributed by atoms with Crippen LogP contribution < -0.4 is 0 Å². The summed E-state index contributed by atoms with van der Waals surface area (Å²) < 4.78 is 12.5. The van der Waals surface area contributed by atoms with Gasteiger partial charge in [0.1, 0.15) is 5.82 Å². The number of hydrogen-bond acceptors (Lipinski definition) is 2. The molecule has 0 heterocycles. The molecule has 2 nitrogen and oxygen atoms in total. The second-order valence-corrected chi connectivity index (χ2v) is 2.72. The Kier molecular flexibility index (Phi) is 2.65. The second-order valence-electron chi connectivity index (χ2n) is 2.31. The molecule has 0 aliphatic rings. The molecule has 0 radical (unpaired) electrons. The van der Waals surface area contributed by atoms with Crippen LogP contribution in [-0.4, -0.2) is 10.9 Å². The normalized spacial score (nSPS) is 11.8.